The minimum atomic E-state index is 0.336. The normalized spacial score (nSPS) is 20.4. The fraction of sp³-hybridized carbons (Fsp3) is 0.900. The van der Waals surface area contributed by atoms with Crippen molar-refractivity contribution in [3.8, 4) is 0 Å². The van der Waals surface area contributed by atoms with Crippen LogP contribution >= 0.6 is 0 Å². The summed E-state index contributed by atoms with van der Waals surface area (Å²) < 4.78 is 0. The zero-order valence-electron chi connectivity index (χ0n) is 7.76. The number of rotatable bonds is 4. The molecule has 0 saturated heterocycles. The van der Waals surface area contributed by atoms with Crippen molar-refractivity contribution in [1.29, 1.82) is 0 Å². The summed E-state index contributed by atoms with van der Waals surface area (Å²) in [5, 5.41) is 0. The number of Topliss-reactive ketones (excluding diaryl/α,β-unsaturated/α-hetero) is 1. The second-order valence-corrected chi connectivity index (χ2v) is 4.14. The Hall–Kier alpha value is -0.330. The maximum absolute atomic E-state index is 11.1. The summed E-state index contributed by atoms with van der Waals surface area (Å²) in [5.41, 5.74) is 0. The van der Waals surface area contributed by atoms with Crippen molar-refractivity contribution in [2.75, 3.05) is 0 Å². The van der Waals surface area contributed by atoms with E-state index in [2.05, 4.69) is 13.8 Å². The van der Waals surface area contributed by atoms with Crippen LogP contribution < -0.4 is 0 Å². The van der Waals surface area contributed by atoms with E-state index in [-0.39, 0.29) is 0 Å². The molecule has 1 heteroatoms. The fourth-order valence-corrected chi connectivity index (χ4v) is 1.62. The molecular formula is C10H18O. The lowest BCUT2D eigenvalue weighted by Gasteiger charge is -2.16. The quantitative estimate of drug-likeness (QED) is 0.608. The van der Waals surface area contributed by atoms with Gasteiger partial charge in [0.25, 0.3) is 0 Å². The topological polar surface area (TPSA) is 17.1 Å². The molecule has 11 heavy (non-hydrogen) atoms. The summed E-state index contributed by atoms with van der Waals surface area (Å²) >= 11 is 0. The van der Waals surface area contributed by atoms with Gasteiger partial charge >= 0.3 is 0 Å². The molecule has 0 N–H and O–H groups in total. The summed E-state index contributed by atoms with van der Waals surface area (Å²) in [6.07, 6.45) is 3.86. The van der Waals surface area contributed by atoms with Gasteiger partial charge in [0, 0.05) is 5.92 Å². The Kier molecular flexibility index (Phi) is 2.69. The predicted molar refractivity (Wildman–Crippen MR) is 46.4 cm³/mol. The Morgan fingerprint density at radius 3 is 2.27 bits per heavy atom. The number of hydrogen-bond donors (Lipinski definition) is 0. The summed E-state index contributed by atoms with van der Waals surface area (Å²) in [5.74, 6) is 2.13. The van der Waals surface area contributed by atoms with Crippen molar-refractivity contribution < 1.29 is 4.79 Å². The van der Waals surface area contributed by atoms with E-state index in [1.807, 2.05) is 0 Å². The van der Waals surface area contributed by atoms with Crippen LogP contribution in [0.25, 0.3) is 0 Å². The molecule has 0 heterocycles. The van der Waals surface area contributed by atoms with Gasteiger partial charge in [-0.15, -0.1) is 0 Å². The number of hydrogen-bond acceptors (Lipinski definition) is 1. The van der Waals surface area contributed by atoms with Gasteiger partial charge < -0.3 is 0 Å². The Morgan fingerprint density at radius 2 is 2.00 bits per heavy atom. The first-order chi connectivity index (χ1) is 5.11. The van der Waals surface area contributed by atoms with Crippen molar-refractivity contribution in [3.63, 3.8) is 0 Å². The minimum absolute atomic E-state index is 0.336. The van der Waals surface area contributed by atoms with Crippen LogP contribution in [0, 0.1) is 17.8 Å². The van der Waals surface area contributed by atoms with E-state index in [1.165, 1.54) is 12.8 Å². The molecule has 1 unspecified atom stereocenters. The average Bonchev–Trinajstić information content (AvgIpc) is 2.63. The largest absolute Gasteiger partial charge is 0.300 e. The van der Waals surface area contributed by atoms with E-state index in [0.29, 0.717) is 17.6 Å². The zero-order chi connectivity index (χ0) is 8.43. The molecule has 1 aliphatic rings. The lowest BCUT2D eigenvalue weighted by molar-refractivity contribution is -0.122. The molecule has 1 aliphatic carbocycles. The molecule has 1 nitrogen and oxygen atoms in total. The Balaban J connectivity index is 2.37. The molecule has 0 aromatic heterocycles. The molecular weight excluding hydrogens is 136 g/mol. The molecule has 0 aliphatic heterocycles. The highest BCUT2D eigenvalue weighted by Gasteiger charge is 2.28. The maximum Gasteiger partial charge on any atom is 0.133 e. The van der Waals surface area contributed by atoms with Crippen LogP contribution in [0.5, 0.6) is 0 Å². The van der Waals surface area contributed by atoms with Gasteiger partial charge in [-0.3, -0.25) is 4.79 Å². The van der Waals surface area contributed by atoms with E-state index >= 15 is 0 Å². The van der Waals surface area contributed by atoms with Crippen molar-refractivity contribution in [3.05, 3.63) is 0 Å². The third-order valence-corrected chi connectivity index (χ3v) is 2.61. The summed E-state index contributed by atoms with van der Waals surface area (Å²) in [6, 6.07) is 0. The second kappa shape index (κ2) is 3.38. The third kappa shape index (κ3) is 2.64. The zero-order valence-corrected chi connectivity index (χ0v) is 7.76. The van der Waals surface area contributed by atoms with Gasteiger partial charge in [-0.2, -0.15) is 0 Å². The first-order valence-corrected chi connectivity index (χ1v) is 4.61. The SMILES string of the molecule is CC(=O)C(CC1CC1)C(C)C. The fourth-order valence-electron chi connectivity index (χ4n) is 1.62. The summed E-state index contributed by atoms with van der Waals surface area (Å²) in [4.78, 5) is 11.1. The van der Waals surface area contributed by atoms with Crippen molar-refractivity contribution >= 4 is 5.78 Å². The summed E-state index contributed by atoms with van der Waals surface area (Å²) in [7, 11) is 0. The molecule has 1 atom stereocenters. The standard InChI is InChI=1S/C10H18O/c1-7(2)10(8(3)11)6-9-4-5-9/h7,9-10H,4-6H2,1-3H3. The van der Waals surface area contributed by atoms with Crippen LogP contribution in [0.4, 0.5) is 0 Å². The first-order valence-electron chi connectivity index (χ1n) is 4.61. The monoisotopic (exact) mass is 154 g/mol. The van der Waals surface area contributed by atoms with Gasteiger partial charge in [0.05, 0.1) is 0 Å². The lowest BCUT2D eigenvalue weighted by Crippen LogP contribution is -2.17. The number of ketones is 1. The van der Waals surface area contributed by atoms with Gasteiger partial charge in [-0.05, 0) is 25.2 Å². The van der Waals surface area contributed by atoms with Crippen molar-refractivity contribution in [2.45, 2.75) is 40.0 Å². The third-order valence-electron chi connectivity index (χ3n) is 2.61. The number of carbonyl (C=O) groups excluding carboxylic acids is 1. The van der Waals surface area contributed by atoms with Crippen molar-refractivity contribution in [2.24, 2.45) is 17.8 Å². The van der Waals surface area contributed by atoms with E-state index in [0.717, 1.165) is 12.3 Å². The highest BCUT2D eigenvalue weighted by atomic mass is 16.1. The van der Waals surface area contributed by atoms with E-state index in [4.69, 9.17) is 0 Å². The molecule has 0 amide bonds. The Labute approximate surface area is 69.2 Å². The molecule has 0 spiro atoms. The molecule has 64 valence electrons. The maximum atomic E-state index is 11.1. The lowest BCUT2D eigenvalue weighted by atomic mass is 9.87. The average molecular weight is 154 g/mol. The minimum Gasteiger partial charge on any atom is -0.300 e. The van der Waals surface area contributed by atoms with Gasteiger partial charge in [-0.25, -0.2) is 0 Å². The molecule has 0 bridgehead atoms. The van der Waals surface area contributed by atoms with Crippen molar-refractivity contribution in [1.82, 2.24) is 0 Å². The van der Waals surface area contributed by atoms with Crippen LogP contribution in [0.2, 0.25) is 0 Å². The Bertz CT molecular complexity index is 145. The van der Waals surface area contributed by atoms with Crippen LogP contribution in [-0.4, -0.2) is 5.78 Å². The van der Waals surface area contributed by atoms with E-state index in [9.17, 15) is 4.79 Å². The Morgan fingerprint density at radius 1 is 1.45 bits per heavy atom. The van der Waals surface area contributed by atoms with Crippen LogP contribution in [0.3, 0.4) is 0 Å². The van der Waals surface area contributed by atoms with Gasteiger partial charge in [0.1, 0.15) is 5.78 Å². The summed E-state index contributed by atoms with van der Waals surface area (Å²) in [6.45, 7) is 6.02. The molecule has 0 radical (unpaired) electrons. The number of carbonyl (C=O) groups is 1. The molecule has 0 aromatic carbocycles. The first kappa shape index (κ1) is 8.76. The molecule has 1 saturated carbocycles. The van der Waals surface area contributed by atoms with Crippen LogP contribution in [0.15, 0.2) is 0 Å². The second-order valence-electron chi connectivity index (χ2n) is 4.14. The van der Waals surface area contributed by atoms with E-state index < -0.39 is 0 Å². The molecule has 1 rings (SSSR count). The van der Waals surface area contributed by atoms with Gasteiger partial charge in [0.2, 0.25) is 0 Å². The van der Waals surface area contributed by atoms with Crippen LogP contribution in [-0.2, 0) is 4.79 Å². The smallest absolute Gasteiger partial charge is 0.133 e. The highest BCUT2D eigenvalue weighted by molar-refractivity contribution is 5.78. The van der Waals surface area contributed by atoms with Gasteiger partial charge in [-0.1, -0.05) is 26.7 Å². The predicted octanol–water partition coefficient (Wildman–Crippen LogP) is 2.65. The van der Waals surface area contributed by atoms with Gasteiger partial charge in [0.15, 0.2) is 0 Å². The van der Waals surface area contributed by atoms with E-state index in [1.54, 1.807) is 6.92 Å². The van der Waals surface area contributed by atoms with Crippen LogP contribution in [0.1, 0.15) is 40.0 Å². The highest BCUT2D eigenvalue weighted by Crippen LogP contribution is 2.37. The molecule has 1 fully saturated rings. The molecule has 0 aromatic rings.